The minimum atomic E-state index is -1.17. The number of H-pyrrole nitrogens is 1. The lowest BCUT2D eigenvalue weighted by Crippen LogP contribution is -2.25. The van der Waals surface area contributed by atoms with Gasteiger partial charge in [0.1, 0.15) is 5.82 Å². The maximum atomic E-state index is 6.50. The van der Waals surface area contributed by atoms with Crippen LogP contribution in [0.2, 0.25) is 25.7 Å². The fraction of sp³-hybridized carbons (Fsp3) is 0.619. The molecular weight excluding hydrogens is 388 g/mol. The van der Waals surface area contributed by atoms with Crippen molar-refractivity contribution in [1.82, 2.24) is 15.2 Å². The third-order valence-electron chi connectivity index (χ3n) is 5.84. The van der Waals surface area contributed by atoms with Crippen LogP contribution >= 0.6 is 11.6 Å². The molecule has 152 valence electrons. The molecule has 4 rings (SSSR count). The Bertz CT molecular complexity index is 813. The van der Waals surface area contributed by atoms with Gasteiger partial charge in [0.15, 0.2) is 6.23 Å². The average molecular weight is 419 g/mol. The Kier molecular flexibility index (Phi) is 5.81. The van der Waals surface area contributed by atoms with E-state index in [9.17, 15) is 0 Å². The molecule has 2 aromatic rings. The highest BCUT2D eigenvalue weighted by molar-refractivity contribution is 6.76. The zero-order valence-electron chi connectivity index (χ0n) is 17.2. The van der Waals surface area contributed by atoms with Crippen LogP contribution in [0.1, 0.15) is 52.7 Å². The summed E-state index contributed by atoms with van der Waals surface area (Å²) in [5.41, 5.74) is 7.41. The van der Waals surface area contributed by atoms with E-state index in [0.717, 1.165) is 25.5 Å². The Labute approximate surface area is 173 Å². The first-order valence-electron chi connectivity index (χ1n) is 10.5. The topological polar surface area (TPSA) is 62.8 Å². The van der Waals surface area contributed by atoms with Crippen molar-refractivity contribution in [1.29, 1.82) is 0 Å². The molecule has 1 unspecified atom stereocenters. The number of alkyl halides is 1. The zero-order chi connectivity index (χ0) is 19.7. The molecule has 0 saturated heterocycles. The Morgan fingerprint density at radius 3 is 2.39 bits per heavy atom. The van der Waals surface area contributed by atoms with Gasteiger partial charge >= 0.3 is 0 Å². The summed E-state index contributed by atoms with van der Waals surface area (Å²) in [5, 5.41) is 10.7. The Hall–Kier alpha value is -1.37. The van der Waals surface area contributed by atoms with Gasteiger partial charge in [-0.05, 0) is 66.8 Å². The molecule has 0 fully saturated rings. The number of halogens is 1. The fourth-order valence-corrected chi connectivity index (χ4v) is 5.24. The summed E-state index contributed by atoms with van der Waals surface area (Å²) < 4.78 is 6.50. The highest BCUT2D eigenvalue weighted by atomic mass is 35.5. The van der Waals surface area contributed by atoms with Crippen molar-refractivity contribution in [3.8, 4) is 0 Å². The normalized spacial score (nSPS) is 16.9. The lowest BCUT2D eigenvalue weighted by molar-refractivity contribution is 0.0805. The number of aromatic amines is 1. The van der Waals surface area contributed by atoms with Gasteiger partial charge in [0, 0.05) is 20.2 Å². The Morgan fingerprint density at radius 2 is 1.82 bits per heavy atom. The Morgan fingerprint density at radius 1 is 1.14 bits per heavy atom. The van der Waals surface area contributed by atoms with Crippen LogP contribution in [0.25, 0.3) is 0 Å². The van der Waals surface area contributed by atoms with Gasteiger partial charge in [0.05, 0.1) is 5.88 Å². The molecule has 0 amide bonds. The van der Waals surface area contributed by atoms with Crippen LogP contribution in [-0.4, -0.2) is 29.9 Å². The minimum absolute atomic E-state index is 0.199. The number of aryl methyl sites for hydroxylation is 2. The molecule has 1 aromatic heterocycles. The molecular formula is C21H31ClN4OSi. The third kappa shape index (κ3) is 4.29. The molecule has 2 N–H and O–H groups in total. The van der Waals surface area contributed by atoms with E-state index in [0.29, 0.717) is 17.7 Å². The summed E-state index contributed by atoms with van der Waals surface area (Å²) in [5.74, 6) is 1.57. The second kappa shape index (κ2) is 8.17. The molecule has 0 spiro atoms. The quantitative estimate of drug-likeness (QED) is 0.360. The van der Waals surface area contributed by atoms with Crippen LogP contribution in [0, 0.1) is 0 Å². The molecule has 28 heavy (non-hydrogen) atoms. The van der Waals surface area contributed by atoms with Gasteiger partial charge < -0.3 is 10.1 Å². The summed E-state index contributed by atoms with van der Waals surface area (Å²) in [6.45, 7) is 7.93. The van der Waals surface area contributed by atoms with Crippen molar-refractivity contribution < 1.29 is 4.74 Å². The van der Waals surface area contributed by atoms with E-state index in [2.05, 4.69) is 46.2 Å². The predicted molar refractivity (Wildman–Crippen MR) is 117 cm³/mol. The number of benzene rings is 1. The van der Waals surface area contributed by atoms with Crippen molar-refractivity contribution in [3.05, 3.63) is 39.7 Å². The smallest absolute Gasteiger partial charge is 0.244 e. The largest absolute Gasteiger partial charge is 0.354 e. The summed E-state index contributed by atoms with van der Waals surface area (Å²) in [7, 11) is -1.17. The van der Waals surface area contributed by atoms with Crippen LogP contribution in [0.5, 0.6) is 0 Å². The maximum Gasteiger partial charge on any atom is 0.244 e. The van der Waals surface area contributed by atoms with Crippen molar-refractivity contribution in [2.45, 2.75) is 76.3 Å². The van der Waals surface area contributed by atoms with Gasteiger partial charge in [-0.15, -0.1) is 16.7 Å². The van der Waals surface area contributed by atoms with Crippen molar-refractivity contribution in [3.63, 3.8) is 0 Å². The predicted octanol–water partition coefficient (Wildman–Crippen LogP) is 4.99. The number of fused-ring (bicyclic) bond motifs is 2. The van der Waals surface area contributed by atoms with Crippen LogP contribution in [0.4, 0.5) is 5.95 Å². The minimum Gasteiger partial charge on any atom is -0.354 e. The number of hydrogen-bond donors (Lipinski definition) is 2. The fourth-order valence-electron chi connectivity index (χ4n) is 4.39. The van der Waals surface area contributed by atoms with Gasteiger partial charge in [0.25, 0.3) is 0 Å². The van der Waals surface area contributed by atoms with Crippen molar-refractivity contribution >= 4 is 25.6 Å². The van der Waals surface area contributed by atoms with Crippen molar-refractivity contribution in [2.24, 2.45) is 0 Å². The molecule has 0 radical (unpaired) electrons. The summed E-state index contributed by atoms with van der Waals surface area (Å²) in [6.07, 6.45) is 6.95. The molecule has 1 aromatic carbocycles. The van der Waals surface area contributed by atoms with Gasteiger partial charge in [-0.25, -0.2) is 0 Å². The molecule has 1 atom stereocenters. The zero-order valence-corrected chi connectivity index (χ0v) is 19.0. The highest BCUT2D eigenvalue weighted by Gasteiger charge is 2.30. The molecule has 2 aliphatic rings. The molecule has 1 heterocycles. The molecule has 7 heteroatoms. The molecule has 0 saturated carbocycles. The van der Waals surface area contributed by atoms with E-state index in [4.69, 9.17) is 16.3 Å². The Balaban J connectivity index is 1.67. The van der Waals surface area contributed by atoms with Gasteiger partial charge in [-0.1, -0.05) is 25.7 Å². The molecule has 0 bridgehead atoms. The second-order valence-electron chi connectivity index (χ2n) is 9.22. The summed E-state index contributed by atoms with van der Waals surface area (Å²) in [4.78, 5) is 4.46. The van der Waals surface area contributed by atoms with Gasteiger partial charge in [-0.2, -0.15) is 4.98 Å². The summed E-state index contributed by atoms with van der Waals surface area (Å²) >= 11 is 5.89. The number of nitrogens with zero attached hydrogens (tertiary/aromatic N) is 2. The van der Waals surface area contributed by atoms with Crippen LogP contribution in [-0.2, 0) is 36.3 Å². The van der Waals surface area contributed by atoms with E-state index >= 15 is 0 Å². The number of anilines is 1. The van der Waals surface area contributed by atoms with Crippen molar-refractivity contribution in [2.75, 3.05) is 11.9 Å². The number of hydrogen-bond acceptors (Lipinski definition) is 4. The highest BCUT2D eigenvalue weighted by Crippen LogP contribution is 2.39. The van der Waals surface area contributed by atoms with Crippen LogP contribution in [0.3, 0.4) is 0 Å². The number of aromatic nitrogens is 3. The number of nitrogens with one attached hydrogen (secondary N) is 2. The summed E-state index contributed by atoms with van der Waals surface area (Å²) in [6, 6.07) is 3.61. The first-order chi connectivity index (χ1) is 13.4. The van der Waals surface area contributed by atoms with E-state index < -0.39 is 8.07 Å². The van der Waals surface area contributed by atoms with E-state index in [1.54, 1.807) is 0 Å². The second-order valence-corrected chi connectivity index (χ2v) is 15.1. The first-order valence-corrected chi connectivity index (χ1v) is 14.7. The third-order valence-corrected chi connectivity index (χ3v) is 7.79. The SMILES string of the molecule is C[Si](C)(C)CCOC(Nc1n[nH]c(CCl)n1)c1c2c(cc3c1CCC3)CCC2. The lowest BCUT2D eigenvalue weighted by Gasteiger charge is -2.26. The number of rotatable bonds is 8. The molecule has 0 aliphatic heterocycles. The van der Waals surface area contributed by atoms with E-state index in [1.807, 2.05) is 0 Å². The van der Waals surface area contributed by atoms with Gasteiger partial charge in [0.2, 0.25) is 5.95 Å². The molecule has 2 aliphatic carbocycles. The first kappa shape index (κ1) is 19.9. The molecule has 5 nitrogen and oxygen atoms in total. The monoisotopic (exact) mass is 418 g/mol. The number of ether oxygens (including phenoxy) is 1. The van der Waals surface area contributed by atoms with Crippen LogP contribution in [0.15, 0.2) is 6.07 Å². The maximum absolute atomic E-state index is 6.50. The van der Waals surface area contributed by atoms with Crippen LogP contribution < -0.4 is 5.32 Å². The average Bonchev–Trinajstić information content (AvgIpc) is 3.37. The lowest BCUT2D eigenvalue weighted by atomic mass is 9.93. The van der Waals surface area contributed by atoms with E-state index in [-0.39, 0.29) is 6.23 Å². The standard InChI is InChI=1S/C21H31ClN4OSi/c1-28(2,3)11-10-27-20(24-21-23-18(13-22)25-26-21)19-16-8-4-6-14(16)12-15-7-5-9-17(15)19/h12,20H,4-11,13H2,1-3H3,(H2,23,24,25,26). The van der Waals surface area contributed by atoms with Gasteiger partial charge in [-0.3, -0.25) is 5.10 Å². The van der Waals surface area contributed by atoms with E-state index in [1.165, 1.54) is 53.5 Å².